The van der Waals surface area contributed by atoms with Crippen LogP contribution in [0.4, 0.5) is 23.7 Å². The maximum Gasteiger partial charge on any atom is 0.446 e. The van der Waals surface area contributed by atoms with Crippen LogP contribution in [0.25, 0.3) is 0 Å². The lowest BCUT2D eigenvalue weighted by molar-refractivity contribution is -0.0328. The van der Waals surface area contributed by atoms with Gasteiger partial charge in [0.25, 0.3) is 0 Å². The van der Waals surface area contributed by atoms with E-state index >= 15 is 0 Å². The Morgan fingerprint density at radius 2 is 2.17 bits per heavy atom. The number of rotatable bonds is 6. The number of aryl methyl sites for hydroxylation is 1. The molecule has 0 fully saturated rings. The highest BCUT2D eigenvalue weighted by atomic mass is 32.2. The molecule has 2 rings (SSSR count). The molecule has 0 unspecified atom stereocenters. The van der Waals surface area contributed by atoms with Crippen molar-refractivity contribution >= 4 is 35.2 Å². The summed E-state index contributed by atoms with van der Waals surface area (Å²) in [6, 6.07) is 5.09. The Morgan fingerprint density at radius 1 is 1.38 bits per heavy atom. The molecule has 0 atom stereocenters. The molecule has 2 N–H and O–H groups in total. The third-order valence-electron chi connectivity index (χ3n) is 2.61. The second kappa shape index (κ2) is 8.29. The lowest BCUT2D eigenvalue weighted by Gasteiger charge is -2.09. The summed E-state index contributed by atoms with van der Waals surface area (Å²) < 4.78 is 38.8. The molecule has 11 heteroatoms. The first-order chi connectivity index (χ1) is 11.3. The number of nitrogens with one attached hydrogen (secondary N) is 2. The summed E-state index contributed by atoms with van der Waals surface area (Å²) in [5.74, 6) is 0.587. The smallest absolute Gasteiger partial charge is 0.337 e. The van der Waals surface area contributed by atoms with Crippen molar-refractivity contribution in [2.24, 2.45) is 7.05 Å². The van der Waals surface area contributed by atoms with E-state index in [0.29, 0.717) is 18.0 Å². The molecule has 0 spiro atoms. The highest BCUT2D eigenvalue weighted by Crippen LogP contribution is 2.37. The molecule has 1 aromatic heterocycles. The van der Waals surface area contributed by atoms with E-state index in [9.17, 15) is 18.0 Å². The fourth-order valence-electron chi connectivity index (χ4n) is 1.66. The third kappa shape index (κ3) is 6.32. The first-order valence-electron chi connectivity index (χ1n) is 6.71. The van der Waals surface area contributed by atoms with E-state index in [0.717, 1.165) is 5.16 Å². The van der Waals surface area contributed by atoms with Crippen molar-refractivity contribution in [3.63, 3.8) is 0 Å². The monoisotopic (exact) mass is 377 g/mol. The number of nitrogens with zero attached hydrogens (tertiary/aromatic N) is 3. The number of carbonyl (C=O) groups is 1. The summed E-state index contributed by atoms with van der Waals surface area (Å²) in [6.45, 7) is 0.375. The van der Waals surface area contributed by atoms with E-state index in [-0.39, 0.29) is 16.7 Å². The molecule has 0 radical (unpaired) electrons. The largest absolute Gasteiger partial charge is 0.446 e. The molecule has 2 aromatic rings. The zero-order valence-electron chi connectivity index (χ0n) is 12.5. The lowest BCUT2D eigenvalue weighted by Crippen LogP contribution is -2.30. The minimum Gasteiger partial charge on any atom is -0.337 e. The maximum atomic E-state index is 12.3. The highest BCUT2D eigenvalue weighted by molar-refractivity contribution is 8.00. The summed E-state index contributed by atoms with van der Waals surface area (Å²) in [5, 5.41) is 13.5. The fraction of sp³-hybridized carbons (Fsp3) is 0.308. The van der Waals surface area contributed by atoms with E-state index in [1.807, 2.05) is 7.05 Å². The number of anilines is 1. The molecular formula is C13H14F3N5OS2. The summed E-state index contributed by atoms with van der Waals surface area (Å²) in [6.07, 6.45) is 1.58. The Balaban J connectivity index is 1.76. The first-order valence-corrected chi connectivity index (χ1v) is 8.51. The topological polar surface area (TPSA) is 71.8 Å². The quantitative estimate of drug-likeness (QED) is 0.597. The van der Waals surface area contributed by atoms with Gasteiger partial charge in [-0.1, -0.05) is 17.8 Å². The Bertz CT molecular complexity index is 692. The van der Waals surface area contributed by atoms with Crippen molar-refractivity contribution < 1.29 is 18.0 Å². The Hall–Kier alpha value is -1.88. The van der Waals surface area contributed by atoms with E-state index in [2.05, 4.69) is 20.8 Å². The van der Waals surface area contributed by atoms with Crippen LogP contribution in [-0.4, -0.2) is 38.6 Å². The molecule has 6 nitrogen and oxygen atoms in total. The van der Waals surface area contributed by atoms with Gasteiger partial charge in [-0.2, -0.15) is 13.2 Å². The molecule has 24 heavy (non-hydrogen) atoms. The summed E-state index contributed by atoms with van der Waals surface area (Å²) in [5.41, 5.74) is -4.07. The Morgan fingerprint density at radius 3 is 2.83 bits per heavy atom. The molecule has 0 aliphatic carbocycles. The van der Waals surface area contributed by atoms with Crippen LogP contribution in [0.5, 0.6) is 0 Å². The number of hydrogen-bond acceptors (Lipinski definition) is 5. The van der Waals surface area contributed by atoms with Gasteiger partial charge in [0.2, 0.25) is 0 Å². The predicted octanol–water partition coefficient (Wildman–Crippen LogP) is 3.34. The molecule has 0 saturated heterocycles. The average Bonchev–Trinajstić information content (AvgIpc) is 2.87. The predicted molar refractivity (Wildman–Crippen MR) is 87.1 cm³/mol. The van der Waals surface area contributed by atoms with Crippen LogP contribution in [0.3, 0.4) is 0 Å². The minimum absolute atomic E-state index is 0.0122. The van der Waals surface area contributed by atoms with E-state index in [4.69, 9.17) is 0 Å². The third-order valence-corrected chi connectivity index (χ3v) is 4.37. The van der Waals surface area contributed by atoms with E-state index < -0.39 is 11.5 Å². The van der Waals surface area contributed by atoms with Crippen molar-refractivity contribution in [1.82, 2.24) is 20.1 Å². The number of thioether (sulfide) groups is 2. The highest BCUT2D eigenvalue weighted by Gasteiger charge is 2.29. The summed E-state index contributed by atoms with van der Waals surface area (Å²) >= 11 is 1.20. The van der Waals surface area contributed by atoms with E-state index in [1.54, 1.807) is 10.9 Å². The number of amides is 2. The van der Waals surface area contributed by atoms with Crippen LogP contribution in [0, 0.1) is 0 Å². The van der Waals surface area contributed by atoms with Crippen molar-refractivity contribution in [1.29, 1.82) is 0 Å². The van der Waals surface area contributed by atoms with Crippen molar-refractivity contribution in [2.45, 2.75) is 15.6 Å². The Labute approximate surface area is 144 Å². The number of aromatic nitrogens is 3. The first kappa shape index (κ1) is 18.5. The second-order valence-electron chi connectivity index (χ2n) is 4.53. The van der Waals surface area contributed by atoms with Gasteiger partial charge in [0.05, 0.1) is 0 Å². The molecule has 0 saturated carbocycles. The number of carbonyl (C=O) groups excluding carboxylic acids is 1. The van der Waals surface area contributed by atoms with Gasteiger partial charge in [-0.15, -0.1) is 10.2 Å². The zero-order valence-corrected chi connectivity index (χ0v) is 14.1. The van der Waals surface area contributed by atoms with Gasteiger partial charge >= 0.3 is 11.5 Å². The summed E-state index contributed by atoms with van der Waals surface area (Å²) in [7, 11) is 1.81. The van der Waals surface area contributed by atoms with Gasteiger partial charge in [-0.3, -0.25) is 0 Å². The van der Waals surface area contributed by atoms with Crippen molar-refractivity contribution in [3.8, 4) is 0 Å². The molecule has 2 amide bonds. The molecule has 130 valence electrons. The number of hydrogen-bond donors (Lipinski definition) is 2. The molecule has 1 aromatic carbocycles. The minimum atomic E-state index is -4.36. The van der Waals surface area contributed by atoms with Crippen LogP contribution in [-0.2, 0) is 7.05 Å². The fourth-order valence-corrected chi connectivity index (χ4v) is 3.00. The van der Waals surface area contributed by atoms with Gasteiger partial charge in [-0.05, 0) is 30.0 Å². The van der Waals surface area contributed by atoms with Crippen LogP contribution >= 0.6 is 23.5 Å². The van der Waals surface area contributed by atoms with Crippen LogP contribution in [0.1, 0.15) is 0 Å². The average molecular weight is 377 g/mol. The lowest BCUT2D eigenvalue weighted by atomic mass is 10.3. The zero-order chi connectivity index (χ0) is 17.6. The van der Waals surface area contributed by atoms with Gasteiger partial charge < -0.3 is 15.2 Å². The number of urea groups is 1. The van der Waals surface area contributed by atoms with Crippen molar-refractivity contribution in [2.75, 3.05) is 17.6 Å². The Kier molecular flexibility index (Phi) is 6.37. The number of alkyl halides is 3. The number of benzene rings is 1. The summed E-state index contributed by atoms with van der Waals surface area (Å²) in [4.78, 5) is 11.8. The standard InChI is InChI=1S/C13H14F3N5OS2/c1-21-8-18-20-12(21)23-6-5-17-11(22)19-9-3-2-4-10(7-9)24-13(14,15)16/h2-4,7-8H,5-6H2,1H3,(H2,17,19,22). The van der Waals surface area contributed by atoms with Gasteiger partial charge in [0.15, 0.2) is 5.16 Å². The SMILES string of the molecule is Cn1cnnc1SCCNC(=O)Nc1cccc(SC(F)(F)F)c1. The van der Waals surface area contributed by atoms with Gasteiger partial charge in [0, 0.05) is 29.9 Å². The van der Waals surface area contributed by atoms with Crippen molar-refractivity contribution in [3.05, 3.63) is 30.6 Å². The number of halogens is 3. The van der Waals surface area contributed by atoms with Gasteiger partial charge in [0.1, 0.15) is 6.33 Å². The maximum absolute atomic E-state index is 12.3. The molecular weight excluding hydrogens is 363 g/mol. The second-order valence-corrected chi connectivity index (χ2v) is 6.73. The molecule has 0 aliphatic heterocycles. The van der Waals surface area contributed by atoms with Crippen LogP contribution < -0.4 is 10.6 Å². The normalized spacial score (nSPS) is 11.3. The molecule has 1 heterocycles. The van der Waals surface area contributed by atoms with Crippen LogP contribution in [0.2, 0.25) is 0 Å². The van der Waals surface area contributed by atoms with Gasteiger partial charge in [-0.25, -0.2) is 4.79 Å². The van der Waals surface area contributed by atoms with Crippen LogP contribution in [0.15, 0.2) is 40.6 Å². The molecule has 0 bridgehead atoms. The molecule has 0 aliphatic rings. The van der Waals surface area contributed by atoms with E-state index in [1.165, 1.54) is 36.0 Å².